The maximum absolute atomic E-state index is 10.2. The third-order valence-corrected chi connectivity index (χ3v) is 5.23. The molecule has 0 saturated carbocycles. The predicted octanol–water partition coefficient (Wildman–Crippen LogP) is 4.33. The van der Waals surface area contributed by atoms with Crippen LogP contribution < -0.4 is 0 Å². The van der Waals surface area contributed by atoms with Crippen molar-refractivity contribution in [2.24, 2.45) is 0 Å². The van der Waals surface area contributed by atoms with E-state index < -0.39 is 0 Å². The van der Waals surface area contributed by atoms with Crippen molar-refractivity contribution in [1.82, 2.24) is 0 Å². The molecule has 1 aromatic heterocycles. The Balaban J connectivity index is 2.04. The number of aliphatic hydroxyl groups excluding tert-OH is 1. The third-order valence-electron chi connectivity index (χ3n) is 2.82. The van der Waals surface area contributed by atoms with Crippen molar-refractivity contribution in [3.63, 3.8) is 0 Å². The van der Waals surface area contributed by atoms with Gasteiger partial charge in [0.15, 0.2) is 0 Å². The Morgan fingerprint density at radius 3 is 2.82 bits per heavy atom. The van der Waals surface area contributed by atoms with Gasteiger partial charge in [-0.1, -0.05) is 24.3 Å². The molecule has 0 amide bonds. The summed E-state index contributed by atoms with van der Waals surface area (Å²) in [6.45, 7) is 2.08. The van der Waals surface area contributed by atoms with Gasteiger partial charge in [0.25, 0.3) is 0 Å². The SMILES string of the molecule is Cc1cccc(C(O)CCc2cccs2)c1I. The molecule has 90 valence electrons. The first-order valence-electron chi connectivity index (χ1n) is 5.64. The van der Waals surface area contributed by atoms with E-state index in [1.54, 1.807) is 11.3 Å². The summed E-state index contributed by atoms with van der Waals surface area (Å²) >= 11 is 4.07. The van der Waals surface area contributed by atoms with Crippen LogP contribution in [0.4, 0.5) is 0 Å². The molecule has 0 spiro atoms. The molecule has 1 N–H and O–H groups in total. The first-order valence-corrected chi connectivity index (χ1v) is 7.60. The zero-order chi connectivity index (χ0) is 12.3. The van der Waals surface area contributed by atoms with Crippen LogP contribution in [0, 0.1) is 10.5 Å². The quantitative estimate of drug-likeness (QED) is 0.807. The van der Waals surface area contributed by atoms with Gasteiger partial charge < -0.3 is 5.11 Å². The fourth-order valence-electron chi connectivity index (χ4n) is 1.82. The van der Waals surface area contributed by atoms with E-state index in [9.17, 15) is 5.11 Å². The van der Waals surface area contributed by atoms with E-state index in [1.165, 1.54) is 14.0 Å². The van der Waals surface area contributed by atoms with Crippen LogP contribution in [0.15, 0.2) is 35.7 Å². The molecule has 1 heterocycles. The largest absolute Gasteiger partial charge is 0.388 e. The van der Waals surface area contributed by atoms with Gasteiger partial charge in [-0.05, 0) is 64.9 Å². The molecule has 0 aliphatic carbocycles. The second-order valence-electron chi connectivity index (χ2n) is 4.11. The standard InChI is InChI=1S/C14H15IOS/c1-10-4-2-6-12(14(10)15)13(16)8-7-11-5-3-9-17-11/h2-6,9,13,16H,7-8H2,1H3. The molecule has 1 atom stereocenters. The number of aliphatic hydroxyl groups is 1. The molecular weight excluding hydrogens is 343 g/mol. The monoisotopic (exact) mass is 358 g/mol. The fourth-order valence-corrected chi connectivity index (χ4v) is 3.26. The maximum atomic E-state index is 10.2. The molecule has 2 rings (SSSR count). The maximum Gasteiger partial charge on any atom is 0.0803 e. The lowest BCUT2D eigenvalue weighted by molar-refractivity contribution is 0.167. The number of halogens is 1. The third kappa shape index (κ3) is 3.30. The first-order chi connectivity index (χ1) is 8.18. The van der Waals surface area contributed by atoms with Crippen LogP contribution >= 0.6 is 33.9 Å². The molecule has 2 aromatic rings. The van der Waals surface area contributed by atoms with Crippen molar-refractivity contribution in [2.45, 2.75) is 25.9 Å². The van der Waals surface area contributed by atoms with Gasteiger partial charge in [0.2, 0.25) is 0 Å². The summed E-state index contributed by atoms with van der Waals surface area (Å²) in [4.78, 5) is 1.34. The minimum Gasteiger partial charge on any atom is -0.388 e. The zero-order valence-corrected chi connectivity index (χ0v) is 12.7. The highest BCUT2D eigenvalue weighted by Crippen LogP contribution is 2.26. The van der Waals surface area contributed by atoms with Crippen LogP contribution in [0.1, 0.15) is 28.5 Å². The lowest BCUT2D eigenvalue weighted by atomic mass is 10.0. The molecule has 1 aromatic carbocycles. The van der Waals surface area contributed by atoms with E-state index in [0.717, 1.165) is 18.4 Å². The average Bonchev–Trinajstić information content (AvgIpc) is 2.82. The van der Waals surface area contributed by atoms with E-state index in [4.69, 9.17) is 0 Å². The molecule has 0 saturated heterocycles. The molecule has 17 heavy (non-hydrogen) atoms. The van der Waals surface area contributed by atoms with E-state index in [-0.39, 0.29) is 6.10 Å². The highest BCUT2D eigenvalue weighted by molar-refractivity contribution is 14.1. The Bertz CT molecular complexity index is 479. The average molecular weight is 358 g/mol. The lowest BCUT2D eigenvalue weighted by Crippen LogP contribution is -2.02. The van der Waals surface area contributed by atoms with Crippen molar-refractivity contribution >= 4 is 33.9 Å². The summed E-state index contributed by atoms with van der Waals surface area (Å²) in [6.07, 6.45) is 1.38. The van der Waals surface area contributed by atoms with Crippen molar-refractivity contribution in [3.8, 4) is 0 Å². The Morgan fingerprint density at radius 1 is 1.29 bits per heavy atom. The van der Waals surface area contributed by atoms with Crippen LogP contribution in [-0.4, -0.2) is 5.11 Å². The summed E-state index contributed by atoms with van der Waals surface area (Å²) in [6, 6.07) is 10.3. The van der Waals surface area contributed by atoms with Gasteiger partial charge in [-0.15, -0.1) is 11.3 Å². The molecule has 0 fully saturated rings. The van der Waals surface area contributed by atoms with Gasteiger partial charge in [-0.25, -0.2) is 0 Å². The van der Waals surface area contributed by atoms with E-state index in [0.29, 0.717) is 0 Å². The highest BCUT2D eigenvalue weighted by Gasteiger charge is 2.12. The Hall–Kier alpha value is -0.390. The molecule has 1 unspecified atom stereocenters. The number of rotatable bonds is 4. The molecular formula is C14H15IOS. The molecule has 0 aliphatic heterocycles. The summed E-state index contributed by atoms with van der Waals surface area (Å²) in [5.74, 6) is 0. The zero-order valence-electron chi connectivity index (χ0n) is 9.69. The van der Waals surface area contributed by atoms with Gasteiger partial charge in [0.05, 0.1) is 6.10 Å². The van der Waals surface area contributed by atoms with Gasteiger partial charge in [0.1, 0.15) is 0 Å². The number of hydrogen-bond acceptors (Lipinski definition) is 2. The minimum absolute atomic E-state index is 0.358. The summed E-state index contributed by atoms with van der Waals surface area (Å²) in [5.41, 5.74) is 2.29. The Labute approximate surface area is 120 Å². The number of hydrogen-bond donors (Lipinski definition) is 1. The number of aryl methyl sites for hydroxylation is 2. The minimum atomic E-state index is -0.358. The first kappa shape index (κ1) is 13.1. The van der Waals surface area contributed by atoms with Crippen molar-refractivity contribution in [2.75, 3.05) is 0 Å². The highest BCUT2D eigenvalue weighted by atomic mass is 127. The van der Waals surface area contributed by atoms with Gasteiger partial charge in [-0.2, -0.15) is 0 Å². The fraction of sp³-hybridized carbons (Fsp3) is 0.286. The summed E-state index contributed by atoms with van der Waals surface area (Å²) in [5, 5.41) is 12.3. The van der Waals surface area contributed by atoms with Crippen LogP contribution in [0.5, 0.6) is 0 Å². The van der Waals surface area contributed by atoms with Crippen molar-refractivity contribution in [1.29, 1.82) is 0 Å². The van der Waals surface area contributed by atoms with Crippen molar-refractivity contribution in [3.05, 3.63) is 55.3 Å². The summed E-state index contributed by atoms with van der Waals surface area (Å²) in [7, 11) is 0. The second kappa shape index (κ2) is 5.98. The van der Waals surface area contributed by atoms with Crippen LogP contribution in [0.3, 0.4) is 0 Å². The summed E-state index contributed by atoms with van der Waals surface area (Å²) < 4.78 is 1.18. The van der Waals surface area contributed by atoms with Crippen molar-refractivity contribution < 1.29 is 5.11 Å². The van der Waals surface area contributed by atoms with Crippen LogP contribution in [0.2, 0.25) is 0 Å². The Kier molecular flexibility index (Phi) is 4.59. The van der Waals surface area contributed by atoms with Gasteiger partial charge in [0, 0.05) is 8.45 Å². The second-order valence-corrected chi connectivity index (χ2v) is 6.22. The normalized spacial score (nSPS) is 12.6. The number of benzene rings is 1. The van der Waals surface area contributed by atoms with Crippen LogP contribution in [0.25, 0.3) is 0 Å². The van der Waals surface area contributed by atoms with Crippen LogP contribution in [-0.2, 0) is 6.42 Å². The smallest absolute Gasteiger partial charge is 0.0803 e. The number of thiophene rings is 1. The topological polar surface area (TPSA) is 20.2 Å². The molecule has 1 nitrogen and oxygen atoms in total. The van der Waals surface area contributed by atoms with Gasteiger partial charge in [-0.3, -0.25) is 0 Å². The van der Waals surface area contributed by atoms with Gasteiger partial charge >= 0.3 is 0 Å². The Morgan fingerprint density at radius 2 is 2.12 bits per heavy atom. The molecule has 0 bridgehead atoms. The van der Waals surface area contributed by atoms with E-state index in [2.05, 4.69) is 53.1 Å². The van der Waals surface area contributed by atoms with E-state index in [1.807, 2.05) is 12.1 Å². The molecule has 0 radical (unpaired) electrons. The predicted molar refractivity (Wildman–Crippen MR) is 81.5 cm³/mol. The van der Waals surface area contributed by atoms with E-state index >= 15 is 0 Å². The lowest BCUT2D eigenvalue weighted by Gasteiger charge is -2.13. The molecule has 3 heteroatoms. The molecule has 0 aliphatic rings.